The Labute approximate surface area is 121 Å². The van der Waals surface area contributed by atoms with Gasteiger partial charge in [-0.1, -0.05) is 12.1 Å². The van der Waals surface area contributed by atoms with Crippen LogP contribution in [0.1, 0.15) is 11.1 Å². The van der Waals surface area contributed by atoms with Gasteiger partial charge in [0.05, 0.1) is 0 Å². The molecule has 1 unspecified atom stereocenters. The van der Waals surface area contributed by atoms with Gasteiger partial charge >= 0.3 is 12.0 Å². The van der Waals surface area contributed by atoms with Crippen molar-refractivity contribution in [2.45, 2.75) is 19.9 Å². The lowest BCUT2D eigenvalue weighted by atomic mass is 10.1. The average Bonchev–Trinajstić information content (AvgIpc) is 2.43. The van der Waals surface area contributed by atoms with Gasteiger partial charge in [-0.25, -0.2) is 9.59 Å². The number of anilines is 1. The molecule has 1 fully saturated rings. The quantitative estimate of drug-likeness (QED) is 0.747. The highest BCUT2D eigenvalue weighted by atomic mass is 16.4. The van der Waals surface area contributed by atoms with Gasteiger partial charge in [-0.05, 0) is 31.0 Å². The molecule has 1 aliphatic heterocycles. The summed E-state index contributed by atoms with van der Waals surface area (Å²) < 4.78 is 0. The summed E-state index contributed by atoms with van der Waals surface area (Å²) in [6.07, 6.45) is 0. The molecule has 21 heavy (non-hydrogen) atoms. The van der Waals surface area contributed by atoms with Crippen LogP contribution < -0.4 is 10.6 Å². The molecule has 7 heteroatoms. The molecule has 1 heterocycles. The molecule has 1 aromatic rings. The molecule has 3 amide bonds. The second-order valence-corrected chi connectivity index (χ2v) is 4.96. The molecule has 0 aliphatic carbocycles. The van der Waals surface area contributed by atoms with Gasteiger partial charge < -0.3 is 15.7 Å². The van der Waals surface area contributed by atoms with Crippen LogP contribution in [0.15, 0.2) is 18.2 Å². The van der Waals surface area contributed by atoms with Gasteiger partial charge in [0.2, 0.25) is 5.91 Å². The Kier molecular flexibility index (Phi) is 4.11. The molecule has 3 N–H and O–H groups in total. The highest BCUT2D eigenvalue weighted by Crippen LogP contribution is 2.19. The number of nitrogens with one attached hydrogen (secondary N) is 2. The Morgan fingerprint density at radius 1 is 1.38 bits per heavy atom. The van der Waals surface area contributed by atoms with E-state index in [1.54, 1.807) is 12.1 Å². The highest BCUT2D eigenvalue weighted by molar-refractivity contribution is 5.97. The number of benzene rings is 1. The first-order chi connectivity index (χ1) is 9.90. The van der Waals surface area contributed by atoms with Crippen LogP contribution in [0, 0.1) is 13.8 Å². The van der Waals surface area contributed by atoms with E-state index in [4.69, 9.17) is 5.11 Å². The topological polar surface area (TPSA) is 98.7 Å². The van der Waals surface area contributed by atoms with Crippen LogP contribution in [0.2, 0.25) is 0 Å². The minimum atomic E-state index is -1.15. The number of aryl methyl sites for hydroxylation is 1. The summed E-state index contributed by atoms with van der Waals surface area (Å²) in [6.45, 7) is 3.42. The van der Waals surface area contributed by atoms with Crippen LogP contribution in [-0.4, -0.2) is 47.0 Å². The predicted octanol–water partition coefficient (Wildman–Crippen LogP) is 0.720. The lowest BCUT2D eigenvalue weighted by molar-refractivity contribution is -0.144. The number of hydrogen-bond donors (Lipinski definition) is 3. The van der Waals surface area contributed by atoms with Crippen molar-refractivity contribution >= 4 is 23.6 Å². The third-order valence-electron chi connectivity index (χ3n) is 3.57. The number of hydrogen-bond acceptors (Lipinski definition) is 3. The number of carbonyl (C=O) groups is 3. The first-order valence-corrected chi connectivity index (χ1v) is 6.53. The van der Waals surface area contributed by atoms with Crippen molar-refractivity contribution in [1.29, 1.82) is 0 Å². The first-order valence-electron chi connectivity index (χ1n) is 6.53. The van der Waals surface area contributed by atoms with Crippen molar-refractivity contribution in [3.8, 4) is 0 Å². The average molecular weight is 291 g/mol. The Balaban J connectivity index is 2.19. The Morgan fingerprint density at radius 3 is 2.76 bits per heavy atom. The van der Waals surface area contributed by atoms with E-state index in [9.17, 15) is 14.4 Å². The first kappa shape index (κ1) is 14.8. The van der Waals surface area contributed by atoms with E-state index in [0.717, 1.165) is 16.0 Å². The van der Waals surface area contributed by atoms with Gasteiger partial charge in [-0.2, -0.15) is 0 Å². The number of amides is 3. The van der Waals surface area contributed by atoms with Gasteiger partial charge in [-0.3, -0.25) is 9.69 Å². The number of nitrogens with zero attached hydrogens (tertiary/aromatic N) is 1. The number of carboxylic acid groups (broad SMARTS) is 1. The molecular formula is C14H17N3O4. The summed E-state index contributed by atoms with van der Waals surface area (Å²) in [4.78, 5) is 35.9. The van der Waals surface area contributed by atoms with Crippen molar-refractivity contribution in [2.24, 2.45) is 0 Å². The highest BCUT2D eigenvalue weighted by Gasteiger charge is 2.35. The second-order valence-electron chi connectivity index (χ2n) is 4.96. The second kappa shape index (κ2) is 5.82. The van der Waals surface area contributed by atoms with E-state index < -0.39 is 18.0 Å². The zero-order valence-corrected chi connectivity index (χ0v) is 11.8. The van der Waals surface area contributed by atoms with E-state index in [2.05, 4.69) is 10.6 Å². The lowest BCUT2D eigenvalue weighted by Crippen LogP contribution is -2.60. The molecule has 1 saturated heterocycles. The van der Waals surface area contributed by atoms with Crippen molar-refractivity contribution in [1.82, 2.24) is 10.2 Å². The molecule has 0 bridgehead atoms. The Bertz CT molecular complexity index is 600. The predicted molar refractivity (Wildman–Crippen MR) is 76.1 cm³/mol. The number of piperazine rings is 1. The number of carboxylic acids is 1. The largest absolute Gasteiger partial charge is 0.480 e. The van der Waals surface area contributed by atoms with Gasteiger partial charge in [0.25, 0.3) is 0 Å². The molecule has 1 aliphatic rings. The van der Waals surface area contributed by atoms with E-state index in [1.165, 1.54) is 0 Å². The van der Waals surface area contributed by atoms with Crippen LogP contribution in [0.5, 0.6) is 0 Å². The normalized spacial score (nSPS) is 18.1. The van der Waals surface area contributed by atoms with Crippen LogP contribution in [0.25, 0.3) is 0 Å². The minimum Gasteiger partial charge on any atom is -0.480 e. The van der Waals surface area contributed by atoms with E-state index in [0.29, 0.717) is 5.69 Å². The third-order valence-corrected chi connectivity index (χ3v) is 3.57. The fourth-order valence-corrected chi connectivity index (χ4v) is 2.15. The van der Waals surface area contributed by atoms with Crippen molar-refractivity contribution in [3.05, 3.63) is 29.3 Å². The molecular weight excluding hydrogens is 274 g/mol. The van der Waals surface area contributed by atoms with Gasteiger partial charge in [0.1, 0.15) is 12.6 Å². The molecule has 0 aromatic heterocycles. The van der Waals surface area contributed by atoms with Crippen LogP contribution in [0.4, 0.5) is 10.5 Å². The summed E-state index contributed by atoms with van der Waals surface area (Å²) >= 11 is 0. The van der Waals surface area contributed by atoms with Crippen molar-refractivity contribution < 1.29 is 19.5 Å². The number of rotatable bonds is 2. The van der Waals surface area contributed by atoms with E-state index in [-0.39, 0.29) is 19.0 Å². The van der Waals surface area contributed by atoms with Gasteiger partial charge in [0.15, 0.2) is 0 Å². The lowest BCUT2D eigenvalue weighted by Gasteiger charge is -2.32. The molecule has 0 saturated carbocycles. The number of carbonyl (C=O) groups excluding carboxylic acids is 2. The van der Waals surface area contributed by atoms with Gasteiger partial charge in [0, 0.05) is 12.2 Å². The maximum atomic E-state index is 12.3. The minimum absolute atomic E-state index is 0.0889. The maximum absolute atomic E-state index is 12.3. The molecule has 1 aromatic carbocycles. The molecule has 2 rings (SSSR count). The van der Waals surface area contributed by atoms with E-state index in [1.807, 2.05) is 19.9 Å². The zero-order valence-electron chi connectivity index (χ0n) is 11.8. The number of aliphatic carboxylic acids is 1. The van der Waals surface area contributed by atoms with Crippen molar-refractivity contribution in [3.63, 3.8) is 0 Å². The Morgan fingerprint density at radius 2 is 2.10 bits per heavy atom. The zero-order chi connectivity index (χ0) is 15.6. The van der Waals surface area contributed by atoms with Gasteiger partial charge in [-0.15, -0.1) is 0 Å². The monoisotopic (exact) mass is 291 g/mol. The summed E-state index contributed by atoms with van der Waals surface area (Å²) in [5.41, 5.74) is 2.52. The maximum Gasteiger partial charge on any atom is 0.328 e. The van der Waals surface area contributed by atoms with Crippen LogP contribution >= 0.6 is 0 Å². The smallest absolute Gasteiger partial charge is 0.328 e. The molecule has 112 valence electrons. The summed E-state index contributed by atoms with van der Waals surface area (Å²) in [5, 5.41) is 14.2. The fraction of sp³-hybridized carbons (Fsp3) is 0.357. The van der Waals surface area contributed by atoms with Crippen molar-refractivity contribution in [2.75, 3.05) is 18.4 Å². The van der Waals surface area contributed by atoms with Crippen LogP contribution in [-0.2, 0) is 9.59 Å². The molecule has 7 nitrogen and oxygen atoms in total. The molecule has 0 radical (unpaired) electrons. The fourth-order valence-electron chi connectivity index (χ4n) is 2.15. The summed E-state index contributed by atoms with van der Waals surface area (Å²) in [5.74, 6) is -1.52. The number of urea groups is 1. The Hall–Kier alpha value is -2.57. The van der Waals surface area contributed by atoms with E-state index >= 15 is 0 Å². The molecule has 1 atom stereocenters. The standard InChI is InChI=1S/C14H17N3O4/c1-8-4-3-5-10(9(8)2)16-14(21)17-7-12(18)15-6-11(17)13(19)20/h3-5,11H,6-7H2,1-2H3,(H,15,18)(H,16,21)(H,19,20). The third kappa shape index (κ3) is 3.13. The van der Waals surface area contributed by atoms with Crippen LogP contribution in [0.3, 0.4) is 0 Å². The summed E-state index contributed by atoms with van der Waals surface area (Å²) in [7, 11) is 0. The SMILES string of the molecule is Cc1cccc(NC(=O)N2CC(=O)NCC2C(=O)O)c1C. The molecule has 0 spiro atoms. The summed E-state index contributed by atoms with van der Waals surface area (Å²) in [6, 6.07) is 3.80.